The second-order valence-electron chi connectivity index (χ2n) is 7.01. The maximum absolute atomic E-state index is 12.0. The molecule has 0 bridgehead atoms. The van der Waals surface area contributed by atoms with Gasteiger partial charge in [0.1, 0.15) is 0 Å². The Kier molecular flexibility index (Phi) is 6.75. The third-order valence-corrected chi connectivity index (χ3v) is 4.44. The molecule has 1 heterocycles. The number of benzene rings is 1. The van der Waals surface area contributed by atoms with E-state index in [1.165, 1.54) is 0 Å². The van der Waals surface area contributed by atoms with Crippen LogP contribution >= 0.6 is 23.2 Å². The summed E-state index contributed by atoms with van der Waals surface area (Å²) in [7, 11) is 0. The molecular weight excluding hydrogens is 349 g/mol. The lowest BCUT2D eigenvalue weighted by Gasteiger charge is -2.27. The highest BCUT2D eigenvalue weighted by atomic mass is 35.5. The summed E-state index contributed by atoms with van der Waals surface area (Å²) in [4.78, 5) is 12.0. The summed E-state index contributed by atoms with van der Waals surface area (Å²) in [6.07, 6.45) is -0.148. The summed E-state index contributed by atoms with van der Waals surface area (Å²) in [5.74, 6) is 0.0930. The van der Waals surface area contributed by atoms with E-state index in [1.54, 1.807) is 6.07 Å². The number of carbonyl (C=O) groups excluding carboxylic acids is 1. The van der Waals surface area contributed by atoms with Gasteiger partial charge >= 0.3 is 6.03 Å². The van der Waals surface area contributed by atoms with Gasteiger partial charge < -0.3 is 20.7 Å². The van der Waals surface area contributed by atoms with Gasteiger partial charge in [-0.05, 0) is 38.5 Å². The molecule has 1 saturated heterocycles. The molecule has 2 amide bonds. The predicted octanol–water partition coefficient (Wildman–Crippen LogP) is 3.37. The van der Waals surface area contributed by atoms with Crippen molar-refractivity contribution in [3.63, 3.8) is 0 Å². The van der Waals surface area contributed by atoms with E-state index >= 15 is 0 Å². The largest absolute Gasteiger partial charge is 0.372 e. The average molecular weight is 374 g/mol. The van der Waals surface area contributed by atoms with Crippen molar-refractivity contribution in [2.24, 2.45) is 5.92 Å². The molecule has 0 spiro atoms. The van der Waals surface area contributed by atoms with E-state index < -0.39 is 0 Å². The molecule has 2 unspecified atom stereocenters. The molecule has 2 rings (SSSR count). The molecule has 0 aromatic heterocycles. The first-order valence-corrected chi connectivity index (χ1v) is 8.85. The van der Waals surface area contributed by atoms with E-state index in [2.05, 4.69) is 16.0 Å². The Hall–Kier alpha value is -1.01. The smallest absolute Gasteiger partial charge is 0.315 e. The van der Waals surface area contributed by atoms with Crippen molar-refractivity contribution in [1.82, 2.24) is 16.0 Å². The third-order valence-electron chi connectivity index (χ3n) is 3.70. The topological polar surface area (TPSA) is 62.4 Å². The Morgan fingerprint density at radius 1 is 1.33 bits per heavy atom. The first-order chi connectivity index (χ1) is 11.3. The second-order valence-corrected chi connectivity index (χ2v) is 7.83. The number of ether oxygens (including phenoxy) is 1. The minimum atomic E-state index is -0.272. The third kappa shape index (κ3) is 5.81. The van der Waals surface area contributed by atoms with Crippen molar-refractivity contribution in [3.05, 3.63) is 33.8 Å². The van der Waals surface area contributed by atoms with E-state index in [4.69, 9.17) is 27.9 Å². The van der Waals surface area contributed by atoms with Crippen molar-refractivity contribution >= 4 is 29.2 Å². The SMILES string of the molecule is CC(C)(C)NC(=O)NCC1CNCCOC1c1ccc(Cl)c(Cl)c1. The molecule has 0 saturated carbocycles. The number of halogens is 2. The number of hydrogen-bond acceptors (Lipinski definition) is 3. The minimum Gasteiger partial charge on any atom is -0.372 e. The van der Waals surface area contributed by atoms with Crippen molar-refractivity contribution in [2.45, 2.75) is 32.4 Å². The van der Waals surface area contributed by atoms with Gasteiger partial charge in [0.15, 0.2) is 0 Å². The molecule has 1 aromatic carbocycles. The Bertz CT molecular complexity index is 575. The molecule has 0 aliphatic carbocycles. The highest BCUT2D eigenvalue weighted by Crippen LogP contribution is 2.31. The lowest BCUT2D eigenvalue weighted by molar-refractivity contribution is 0.0314. The summed E-state index contributed by atoms with van der Waals surface area (Å²) in [6.45, 7) is 8.48. The monoisotopic (exact) mass is 373 g/mol. The number of nitrogens with one attached hydrogen (secondary N) is 3. The van der Waals surface area contributed by atoms with Crippen LogP contribution in [0.4, 0.5) is 4.79 Å². The number of amides is 2. The molecule has 24 heavy (non-hydrogen) atoms. The molecule has 3 N–H and O–H groups in total. The van der Waals surface area contributed by atoms with Gasteiger partial charge in [-0.1, -0.05) is 29.3 Å². The number of hydrogen-bond donors (Lipinski definition) is 3. The molecular formula is C17H25Cl2N3O2. The van der Waals surface area contributed by atoms with Gasteiger partial charge in [-0.3, -0.25) is 0 Å². The van der Waals surface area contributed by atoms with E-state index in [0.29, 0.717) is 23.2 Å². The van der Waals surface area contributed by atoms with E-state index in [-0.39, 0.29) is 23.6 Å². The fourth-order valence-corrected chi connectivity index (χ4v) is 2.94. The maximum Gasteiger partial charge on any atom is 0.315 e. The fourth-order valence-electron chi connectivity index (χ4n) is 2.63. The Labute approximate surface area is 153 Å². The molecule has 1 fully saturated rings. The standard InChI is InChI=1S/C17H25Cl2N3O2/c1-17(2,3)22-16(23)21-10-12-9-20-6-7-24-15(12)11-4-5-13(18)14(19)8-11/h4-5,8,12,15,20H,6-7,9-10H2,1-3H3,(H2,21,22,23). The second kappa shape index (κ2) is 8.39. The van der Waals surface area contributed by atoms with Gasteiger partial charge in [0.2, 0.25) is 0 Å². The molecule has 134 valence electrons. The number of urea groups is 1. The molecule has 2 atom stereocenters. The summed E-state index contributed by atoms with van der Waals surface area (Å²) in [6, 6.07) is 5.35. The summed E-state index contributed by atoms with van der Waals surface area (Å²) < 4.78 is 5.99. The summed E-state index contributed by atoms with van der Waals surface area (Å²) in [5.41, 5.74) is 0.696. The van der Waals surface area contributed by atoms with Crippen LogP contribution in [0.5, 0.6) is 0 Å². The van der Waals surface area contributed by atoms with Gasteiger partial charge in [0, 0.05) is 31.1 Å². The van der Waals surface area contributed by atoms with Crippen molar-refractivity contribution in [2.75, 3.05) is 26.2 Å². The van der Waals surface area contributed by atoms with Crippen molar-refractivity contribution in [1.29, 1.82) is 0 Å². The summed E-state index contributed by atoms with van der Waals surface area (Å²) >= 11 is 12.1. The molecule has 1 aliphatic heterocycles. The normalized spacial score (nSPS) is 21.9. The zero-order valence-corrected chi connectivity index (χ0v) is 15.8. The zero-order chi connectivity index (χ0) is 17.7. The van der Waals surface area contributed by atoms with Gasteiger partial charge in [-0.2, -0.15) is 0 Å². The summed E-state index contributed by atoms with van der Waals surface area (Å²) in [5, 5.41) is 10.2. The van der Waals surface area contributed by atoms with Crippen LogP contribution in [0.2, 0.25) is 10.0 Å². The average Bonchev–Trinajstić information content (AvgIpc) is 2.71. The number of rotatable bonds is 3. The van der Waals surface area contributed by atoms with E-state index in [9.17, 15) is 4.79 Å². The Balaban J connectivity index is 2.06. The van der Waals surface area contributed by atoms with Crippen LogP contribution in [-0.2, 0) is 4.74 Å². The van der Waals surface area contributed by atoms with Gasteiger partial charge in [-0.25, -0.2) is 4.79 Å². The van der Waals surface area contributed by atoms with E-state index in [0.717, 1.165) is 18.7 Å². The lowest BCUT2D eigenvalue weighted by atomic mass is 9.95. The highest BCUT2D eigenvalue weighted by molar-refractivity contribution is 6.42. The van der Waals surface area contributed by atoms with Crippen LogP contribution < -0.4 is 16.0 Å². The fraction of sp³-hybridized carbons (Fsp3) is 0.588. The Morgan fingerprint density at radius 2 is 2.08 bits per heavy atom. The van der Waals surface area contributed by atoms with Crippen molar-refractivity contribution in [3.8, 4) is 0 Å². The first-order valence-electron chi connectivity index (χ1n) is 8.09. The molecule has 5 nitrogen and oxygen atoms in total. The van der Waals surface area contributed by atoms with Crippen LogP contribution in [0, 0.1) is 5.92 Å². The Morgan fingerprint density at radius 3 is 2.75 bits per heavy atom. The zero-order valence-electron chi connectivity index (χ0n) is 14.3. The van der Waals surface area contributed by atoms with Gasteiger partial charge in [0.25, 0.3) is 0 Å². The molecule has 7 heteroatoms. The van der Waals surface area contributed by atoms with Gasteiger partial charge in [-0.15, -0.1) is 0 Å². The van der Waals surface area contributed by atoms with Crippen LogP contribution in [0.25, 0.3) is 0 Å². The maximum atomic E-state index is 12.0. The first kappa shape index (κ1) is 19.3. The highest BCUT2D eigenvalue weighted by Gasteiger charge is 2.27. The van der Waals surface area contributed by atoms with Crippen LogP contribution in [0.15, 0.2) is 18.2 Å². The van der Waals surface area contributed by atoms with Gasteiger partial charge in [0.05, 0.1) is 22.8 Å². The van der Waals surface area contributed by atoms with Crippen molar-refractivity contribution < 1.29 is 9.53 Å². The van der Waals surface area contributed by atoms with Crippen LogP contribution in [-0.4, -0.2) is 37.8 Å². The minimum absolute atomic E-state index is 0.0930. The number of carbonyl (C=O) groups is 1. The molecule has 1 aliphatic rings. The molecule has 0 radical (unpaired) electrons. The predicted molar refractivity (Wildman–Crippen MR) is 97.8 cm³/mol. The quantitative estimate of drug-likeness (QED) is 0.760. The van der Waals surface area contributed by atoms with Crippen LogP contribution in [0.1, 0.15) is 32.4 Å². The van der Waals surface area contributed by atoms with Crippen LogP contribution in [0.3, 0.4) is 0 Å². The lowest BCUT2D eigenvalue weighted by Crippen LogP contribution is -2.48. The van der Waals surface area contributed by atoms with E-state index in [1.807, 2.05) is 32.9 Å². The molecule has 1 aromatic rings.